The predicted octanol–water partition coefficient (Wildman–Crippen LogP) is 2.57. The van der Waals surface area contributed by atoms with Crippen molar-refractivity contribution in [3.8, 4) is 0 Å². The molecule has 0 radical (unpaired) electrons. The van der Waals surface area contributed by atoms with Crippen molar-refractivity contribution in [3.05, 3.63) is 0 Å². The van der Waals surface area contributed by atoms with E-state index in [0.29, 0.717) is 12.1 Å². The van der Waals surface area contributed by atoms with Crippen LogP contribution in [0.2, 0.25) is 0 Å². The second kappa shape index (κ2) is 5.47. The van der Waals surface area contributed by atoms with Crippen LogP contribution in [0.15, 0.2) is 0 Å². The Labute approximate surface area is 110 Å². The molecule has 2 aliphatic carbocycles. The molecule has 0 aromatic heterocycles. The van der Waals surface area contributed by atoms with Crippen LogP contribution in [0.4, 0.5) is 4.79 Å². The van der Waals surface area contributed by atoms with Crippen LogP contribution in [0.25, 0.3) is 0 Å². The summed E-state index contributed by atoms with van der Waals surface area (Å²) in [6, 6.07) is 1.35. The zero-order valence-electron chi connectivity index (χ0n) is 11.8. The van der Waals surface area contributed by atoms with Gasteiger partial charge in [-0.15, -0.1) is 0 Å². The third-order valence-corrected chi connectivity index (χ3v) is 3.50. The highest BCUT2D eigenvalue weighted by atomic mass is 16.6. The quantitative estimate of drug-likeness (QED) is 0.814. The van der Waals surface area contributed by atoms with Crippen LogP contribution in [-0.4, -0.2) is 29.8 Å². The Kier molecular flexibility index (Phi) is 4.15. The first-order valence-corrected chi connectivity index (χ1v) is 7.19. The third-order valence-electron chi connectivity index (χ3n) is 3.50. The highest BCUT2D eigenvalue weighted by Gasteiger charge is 2.32. The highest BCUT2D eigenvalue weighted by molar-refractivity contribution is 5.68. The van der Waals surface area contributed by atoms with Gasteiger partial charge in [0, 0.05) is 18.1 Å². The fourth-order valence-corrected chi connectivity index (χ4v) is 2.51. The number of rotatable bonds is 3. The van der Waals surface area contributed by atoms with Crippen LogP contribution in [0.3, 0.4) is 0 Å². The van der Waals surface area contributed by atoms with Gasteiger partial charge in [-0.2, -0.15) is 0 Å². The lowest BCUT2D eigenvalue weighted by atomic mass is 9.90. The molecular formula is C14H26N2O2. The first-order chi connectivity index (χ1) is 8.44. The van der Waals surface area contributed by atoms with Crippen LogP contribution in [0, 0.1) is 0 Å². The molecular weight excluding hydrogens is 228 g/mol. The molecule has 0 aromatic rings. The van der Waals surface area contributed by atoms with Gasteiger partial charge in [0.1, 0.15) is 5.60 Å². The maximum absolute atomic E-state index is 11.8. The predicted molar refractivity (Wildman–Crippen MR) is 71.6 cm³/mol. The normalized spacial score (nSPS) is 28.8. The van der Waals surface area contributed by atoms with E-state index in [2.05, 4.69) is 10.6 Å². The molecule has 0 spiro atoms. The van der Waals surface area contributed by atoms with Gasteiger partial charge >= 0.3 is 6.09 Å². The Morgan fingerprint density at radius 1 is 1.06 bits per heavy atom. The summed E-state index contributed by atoms with van der Waals surface area (Å²) in [5, 5.41) is 6.68. The smallest absolute Gasteiger partial charge is 0.407 e. The molecule has 0 bridgehead atoms. The minimum Gasteiger partial charge on any atom is -0.444 e. The summed E-state index contributed by atoms with van der Waals surface area (Å²) in [7, 11) is 0. The molecule has 2 aliphatic rings. The van der Waals surface area contributed by atoms with Gasteiger partial charge in [0.15, 0.2) is 0 Å². The lowest BCUT2D eigenvalue weighted by Crippen LogP contribution is -2.53. The number of amides is 1. The van der Waals surface area contributed by atoms with Crippen molar-refractivity contribution in [2.45, 2.75) is 83.0 Å². The molecule has 4 heteroatoms. The summed E-state index contributed by atoms with van der Waals surface area (Å²) in [6.45, 7) is 5.69. The Morgan fingerprint density at radius 2 is 1.67 bits per heavy atom. The SMILES string of the molecule is CC(C)(C)OC(=O)N[C@@H]1CCCC[C@@H]1NC1CC1. The summed E-state index contributed by atoms with van der Waals surface area (Å²) in [5.41, 5.74) is -0.418. The lowest BCUT2D eigenvalue weighted by Gasteiger charge is -2.33. The largest absolute Gasteiger partial charge is 0.444 e. The minimum absolute atomic E-state index is 0.231. The molecule has 2 N–H and O–H groups in total. The fraction of sp³-hybridized carbons (Fsp3) is 0.929. The van der Waals surface area contributed by atoms with Crippen molar-refractivity contribution in [1.82, 2.24) is 10.6 Å². The molecule has 2 rings (SSSR count). The highest BCUT2D eigenvalue weighted by Crippen LogP contribution is 2.25. The van der Waals surface area contributed by atoms with Crippen molar-refractivity contribution < 1.29 is 9.53 Å². The first kappa shape index (κ1) is 13.7. The van der Waals surface area contributed by atoms with Gasteiger partial charge in [-0.25, -0.2) is 4.79 Å². The van der Waals surface area contributed by atoms with Crippen molar-refractivity contribution in [3.63, 3.8) is 0 Å². The zero-order valence-corrected chi connectivity index (χ0v) is 11.8. The maximum atomic E-state index is 11.8. The summed E-state index contributed by atoms with van der Waals surface area (Å²) in [5.74, 6) is 0. The molecule has 0 saturated heterocycles. The number of alkyl carbamates (subject to hydrolysis) is 1. The molecule has 104 valence electrons. The summed E-state index contributed by atoms with van der Waals surface area (Å²) in [4.78, 5) is 11.8. The number of hydrogen-bond acceptors (Lipinski definition) is 3. The van der Waals surface area contributed by atoms with Gasteiger partial charge in [-0.05, 0) is 46.5 Å². The molecule has 0 unspecified atom stereocenters. The molecule has 0 heterocycles. The van der Waals surface area contributed by atoms with Crippen LogP contribution < -0.4 is 10.6 Å². The number of hydrogen-bond donors (Lipinski definition) is 2. The molecule has 0 aromatic carbocycles. The van der Waals surface area contributed by atoms with Crippen molar-refractivity contribution in [2.24, 2.45) is 0 Å². The number of ether oxygens (including phenoxy) is 1. The van der Waals surface area contributed by atoms with Gasteiger partial charge in [0.25, 0.3) is 0 Å². The Morgan fingerprint density at radius 3 is 2.22 bits per heavy atom. The maximum Gasteiger partial charge on any atom is 0.407 e. The van der Waals surface area contributed by atoms with E-state index in [1.165, 1.54) is 25.7 Å². The van der Waals surface area contributed by atoms with Crippen molar-refractivity contribution in [1.29, 1.82) is 0 Å². The van der Waals surface area contributed by atoms with E-state index in [4.69, 9.17) is 4.74 Å². The van der Waals surface area contributed by atoms with Crippen molar-refractivity contribution in [2.75, 3.05) is 0 Å². The average molecular weight is 254 g/mol. The minimum atomic E-state index is -0.418. The number of carbonyl (C=O) groups excluding carboxylic acids is 1. The summed E-state index contributed by atoms with van der Waals surface area (Å²) >= 11 is 0. The van der Waals surface area contributed by atoms with Crippen molar-refractivity contribution >= 4 is 6.09 Å². The second-order valence-electron chi connectivity index (χ2n) is 6.58. The van der Waals surface area contributed by atoms with E-state index in [1.54, 1.807) is 0 Å². The van der Waals surface area contributed by atoms with Gasteiger partial charge < -0.3 is 15.4 Å². The van der Waals surface area contributed by atoms with Gasteiger partial charge in [0.05, 0.1) is 0 Å². The van der Waals surface area contributed by atoms with E-state index >= 15 is 0 Å². The Balaban J connectivity index is 1.82. The molecule has 2 fully saturated rings. The van der Waals surface area contributed by atoms with Crippen LogP contribution in [0.5, 0.6) is 0 Å². The monoisotopic (exact) mass is 254 g/mol. The Bertz CT molecular complexity index is 295. The van der Waals surface area contributed by atoms with E-state index in [1.807, 2.05) is 20.8 Å². The first-order valence-electron chi connectivity index (χ1n) is 7.19. The van der Waals surface area contributed by atoms with E-state index in [9.17, 15) is 4.79 Å². The summed E-state index contributed by atoms with van der Waals surface area (Å²) < 4.78 is 5.33. The molecule has 18 heavy (non-hydrogen) atoms. The number of nitrogens with one attached hydrogen (secondary N) is 2. The molecule has 4 nitrogen and oxygen atoms in total. The van der Waals surface area contributed by atoms with Crippen LogP contribution in [-0.2, 0) is 4.74 Å². The third kappa shape index (κ3) is 4.48. The topological polar surface area (TPSA) is 50.4 Å². The molecule has 2 atom stereocenters. The summed E-state index contributed by atoms with van der Waals surface area (Å²) in [6.07, 6.45) is 6.98. The standard InChI is InChI=1S/C14H26N2O2/c1-14(2,3)18-13(17)16-12-7-5-4-6-11(12)15-10-8-9-10/h10-12,15H,4-9H2,1-3H3,(H,16,17)/t11-,12+/m0/s1. The van der Waals surface area contributed by atoms with E-state index < -0.39 is 5.60 Å². The van der Waals surface area contributed by atoms with E-state index in [-0.39, 0.29) is 12.1 Å². The molecule has 1 amide bonds. The van der Waals surface area contributed by atoms with Crippen LogP contribution in [0.1, 0.15) is 59.3 Å². The second-order valence-corrected chi connectivity index (χ2v) is 6.58. The fourth-order valence-electron chi connectivity index (χ4n) is 2.51. The Hall–Kier alpha value is -0.770. The van der Waals surface area contributed by atoms with Gasteiger partial charge in [-0.1, -0.05) is 12.8 Å². The zero-order chi connectivity index (χ0) is 13.2. The molecule has 0 aliphatic heterocycles. The average Bonchev–Trinajstić information content (AvgIpc) is 3.02. The number of carbonyl (C=O) groups is 1. The molecule has 2 saturated carbocycles. The lowest BCUT2D eigenvalue weighted by molar-refractivity contribution is 0.0479. The van der Waals surface area contributed by atoms with Gasteiger partial charge in [-0.3, -0.25) is 0 Å². The van der Waals surface area contributed by atoms with Crippen LogP contribution >= 0.6 is 0 Å². The van der Waals surface area contributed by atoms with E-state index in [0.717, 1.165) is 12.8 Å². The van der Waals surface area contributed by atoms with Gasteiger partial charge in [0.2, 0.25) is 0 Å².